The smallest absolute Gasteiger partial charge is 0.288 e. The number of hydrogen-bond donors (Lipinski definition) is 2. The number of nitrogen functional groups attached to an aromatic ring is 1. The van der Waals surface area contributed by atoms with Gasteiger partial charge in [-0.25, -0.2) is 4.39 Å². The minimum absolute atomic E-state index is 0.0940. The van der Waals surface area contributed by atoms with Crippen LogP contribution in [0.1, 0.15) is 6.42 Å². The highest BCUT2D eigenvalue weighted by molar-refractivity contribution is 8.13. The van der Waals surface area contributed by atoms with Crippen molar-refractivity contribution >= 4 is 40.2 Å². The highest BCUT2D eigenvalue weighted by atomic mass is 32.2. The summed E-state index contributed by atoms with van der Waals surface area (Å²) in [5.74, 6) is -1.06. The maximum Gasteiger partial charge on any atom is 0.288 e. The largest absolute Gasteiger partial charge is 0.396 e. The van der Waals surface area contributed by atoms with Crippen molar-refractivity contribution < 1.29 is 18.8 Å². The summed E-state index contributed by atoms with van der Waals surface area (Å²) in [5, 5.41) is 2.02. The lowest BCUT2D eigenvalue weighted by Gasteiger charge is -2.23. The van der Waals surface area contributed by atoms with E-state index in [2.05, 4.69) is 5.32 Å². The number of nitrogens with zero attached hydrogens (tertiary/aromatic N) is 1. The van der Waals surface area contributed by atoms with Gasteiger partial charge in [0.25, 0.3) is 5.24 Å². The van der Waals surface area contributed by atoms with Gasteiger partial charge in [-0.2, -0.15) is 0 Å². The van der Waals surface area contributed by atoms with Crippen LogP contribution in [0.25, 0.3) is 0 Å². The Balaban J connectivity index is 1.99. The molecule has 1 aromatic carbocycles. The minimum Gasteiger partial charge on any atom is -0.396 e. The Labute approximate surface area is 118 Å². The summed E-state index contributed by atoms with van der Waals surface area (Å²) in [6.45, 7) is -0.359. The highest BCUT2D eigenvalue weighted by Crippen LogP contribution is 2.19. The van der Waals surface area contributed by atoms with Crippen LogP contribution in [0.4, 0.5) is 20.6 Å². The van der Waals surface area contributed by atoms with Crippen LogP contribution in [0.3, 0.4) is 0 Å². The van der Waals surface area contributed by atoms with Crippen molar-refractivity contribution in [1.82, 2.24) is 4.90 Å². The first kappa shape index (κ1) is 14.3. The van der Waals surface area contributed by atoms with Crippen molar-refractivity contribution in [2.75, 3.05) is 23.3 Å². The number of imide groups is 1. The fourth-order valence-corrected chi connectivity index (χ4v) is 2.43. The number of amides is 3. The summed E-state index contributed by atoms with van der Waals surface area (Å²) >= 11 is 0.999. The number of thioether (sulfide) groups is 1. The van der Waals surface area contributed by atoms with E-state index in [1.165, 1.54) is 12.1 Å². The first-order valence-corrected chi connectivity index (χ1v) is 6.78. The van der Waals surface area contributed by atoms with Gasteiger partial charge in [0.1, 0.15) is 12.4 Å². The van der Waals surface area contributed by atoms with Crippen molar-refractivity contribution in [2.24, 2.45) is 0 Å². The van der Waals surface area contributed by atoms with E-state index in [0.29, 0.717) is 11.4 Å². The zero-order chi connectivity index (χ0) is 14.7. The van der Waals surface area contributed by atoms with Crippen molar-refractivity contribution in [3.63, 3.8) is 0 Å². The Hall–Kier alpha value is -2.09. The summed E-state index contributed by atoms with van der Waals surface area (Å²) in [4.78, 5) is 35.7. The third-order valence-electron chi connectivity index (χ3n) is 2.64. The molecule has 0 aliphatic carbocycles. The standard InChI is InChI=1S/C12H12FN3O3S/c13-8-2-1-7(5-9(8)14)15-10(17)6-16-11(18)3-4-20-12(16)19/h1-2,5H,3-4,6,14H2,(H,15,17). The second-order valence-corrected chi connectivity index (χ2v) is 5.17. The zero-order valence-electron chi connectivity index (χ0n) is 10.4. The lowest BCUT2D eigenvalue weighted by molar-refractivity contribution is -0.131. The monoisotopic (exact) mass is 297 g/mol. The SMILES string of the molecule is Nc1cc(NC(=O)CN2C(=O)CCSC2=O)ccc1F. The molecule has 0 unspecified atom stereocenters. The van der Waals surface area contributed by atoms with Crippen LogP contribution < -0.4 is 11.1 Å². The van der Waals surface area contributed by atoms with E-state index in [9.17, 15) is 18.8 Å². The molecule has 106 valence electrons. The quantitative estimate of drug-likeness (QED) is 0.823. The molecule has 1 saturated heterocycles. The third kappa shape index (κ3) is 3.27. The molecule has 1 aliphatic rings. The molecule has 1 aliphatic heterocycles. The van der Waals surface area contributed by atoms with E-state index >= 15 is 0 Å². The normalized spacial score (nSPS) is 15.3. The van der Waals surface area contributed by atoms with E-state index in [0.717, 1.165) is 22.7 Å². The van der Waals surface area contributed by atoms with Crippen LogP contribution >= 0.6 is 11.8 Å². The Morgan fingerprint density at radius 1 is 1.45 bits per heavy atom. The number of anilines is 2. The van der Waals surface area contributed by atoms with Crippen LogP contribution in [0, 0.1) is 5.82 Å². The van der Waals surface area contributed by atoms with Crippen LogP contribution in [0.5, 0.6) is 0 Å². The number of nitrogens with two attached hydrogens (primary N) is 1. The molecule has 0 spiro atoms. The maximum absolute atomic E-state index is 13.0. The lowest BCUT2D eigenvalue weighted by atomic mass is 10.2. The van der Waals surface area contributed by atoms with Gasteiger partial charge >= 0.3 is 0 Å². The average Bonchev–Trinajstić information content (AvgIpc) is 2.38. The van der Waals surface area contributed by atoms with Crippen LogP contribution in [-0.4, -0.2) is 34.3 Å². The highest BCUT2D eigenvalue weighted by Gasteiger charge is 2.28. The van der Waals surface area contributed by atoms with Gasteiger partial charge in [-0.3, -0.25) is 19.3 Å². The van der Waals surface area contributed by atoms with Crippen molar-refractivity contribution in [3.05, 3.63) is 24.0 Å². The van der Waals surface area contributed by atoms with Gasteiger partial charge in [-0.1, -0.05) is 11.8 Å². The molecule has 0 aromatic heterocycles. The average molecular weight is 297 g/mol. The number of halogens is 1. The molecule has 0 atom stereocenters. The molecule has 2 rings (SSSR count). The molecule has 1 heterocycles. The number of carbonyl (C=O) groups excluding carboxylic acids is 3. The predicted octanol–water partition coefficient (Wildman–Crippen LogP) is 1.43. The molecule has 0 bridgehead atoms. The van der Waals surface area contributed by atoms with Gasteiger partial charge in [0.15, 0.2) is 0 Å². The van der Waals surface area contributed by atoms with Crippen LogP contribution in [-0.2, 0) is 9.59 Å². The van der Waals surface area contributed by atoms with Crippen molar-refractivity contribution in [1.29, 1.82) is 0 Å². The van der Waals surface area contributed by atoms with Crippen molar-refractivity contribution in [3.8, 4) is 0 Å². The summed E-state index contributed by atoms with van der Waals surface area (Å²) < 4.78 is 13.0. The van der Waals surface area contributed by atoms with Gasteiger partial charge in [0.2, 0.25) is 11.8 Å². The lowest BCUT2D eigenvalue weighted by Crippen LogP contribution is -2.43. The number of rotatable bonds is 3. The minimum atomic E-state index is -0.583. The molecule has 0 saturated carbocycles. The molecule has 3 amide bonds. The Morgan fingerprint density at radius 3 is 2.85 bits per heavy atom. The molecule has 8 heteroatoms. The third-order valence-corrected chi connectivity index (χ3v) is 3.52. The molecule has 1 fully saturated rings. The first-order chi connectivity index (χ1) is 9.47. The fraction of sp³-hybridized carbons (Fsp3) is 0.250. The maximum atomic E-state index is 13.0. The van der Waals surface area contributed by atoms with Crippen LogP contribution in [0.15, 0.2) is 18.2 Å². The number of hydrogen-bond acceptors (Lipinski definition) is 5. The van der Waals surface area contributed by atoms with Gasteiger partial charge in [-0.05, 0) is 18.2 Å². The van der Waals surface area contributed by atoms with E-state index in [-0.39, 0.29) is 24.6 Å². The molecular formula is C12H12FN3O3S. The molecule has 6 nitrogen and oxygen atoms in total. The predicted molar refractivity (Wildman–Crippen MR) is 73.6 cm³/mol. The Kier molecular flexibility index (Phi) is 4.23. The van der Waals surface area contributed by atoms with Gasteiger partial charge in [-0.15, -0.1) is 0 Å². The Morgan fingerprint density at radius 2 is 2.20 bits per heavy atom. The van der Waals surface area contributed by atoms with E-state index in [1.54, 1.807) is 0 Å². The summed E-state index contributed by atoms with van der Waals surface area (Å²) in [7, 11) is 0. The van der Waals surface area contributed by atoms with Crippen LogP contribution in [0.2, 0.25) is 0 Å². The number of benzene rings is 1. The fourth-order valence-electron chi connectivity index (χ4n) is 1.66. The molecule has 3 N–H and O–H groups in total. The van der Waals surface area contributed by atoms with E-state index in [4.69, 9.17) is 5.73 Å². The second-order valence-electron chi connectivity index (χ2n) is 4.13. The summed E-state index contributed by atoms with van der Waals surface area (Å²) in [6, 6.07) is 3.73. The Bertz CT molecular complexity index is 563. The van der Waals surface area contributed by atoms with Gasteiger partial charge in [0, 0.05) is 17.9 Å². The first-order valence-electron chi connectivity index (χ1n) is 5.79. The number of nitrogens with one attached hydrogen (secondary N) is 1. The second kappa shape index (κ2) is 5.91. The van der Waals surface area contributed by atoms with Gasteiger partial charge in [0.05, 0.1) is 5.69 Å². The van der Waals surface area contributed by atoms with E-state index < -0.39 is 17.0 Å². The summed E-state index contributed by atoms with van der Waals surface area (Å²) in [6.07, 6.45) is 0.229. The van der Waals surface area contributed by atoms with E-state index in [1.807, 2.05) is 0 Å². The molecule has 0 radical (unpaired) electrons. The molecule has 1 aromatic rings. The van der Waals surface area contributed by atoms with Gasteiger partial charge < -0.3 is 11.1 Å². The number of carbonyl (C=O) groups is 3. The zero-order valence-corrected chi connectivity index (χ0v) is 11.2. The van der Waals surface area contributed by atoms with Crippen molar-refractivity contribution in [2.45, 2.75) is 6.42 Å². The topological polar surface area (TPSA) is 92.5 Å². The molecule has 20 heavy (non-hydrogen) atoms. The molecular weight excluding hydrogens is 285 g/mol. The summed E-state index contributed by atoms with van der Waals surface area (Å²) in [5.41, 5.74) is 5.59.